The molecule has 184 valence electrons. The van der Waals surface area contributed by atoms with Gasteiger partial charge in [-0.3, -0.25) is 10.1 Å². The fourth-order valence-electron chi connectivity index (χ4n) is 3.19. The summed E-state index contributed by atoms with van der Waals surface area (Å²) in [7, 11) is -2.72. The Hall–Kier alpha value is -3.05. The maximum atomic E-state index is 12.1. The van der Waals surface area contributed by atoms with Crippen LogP contribution >= 0.6 is 0 Å². The summed E-state index contributed by atoms with van der Waals surface area (Å²) >= 11 is 0. The minimum Gasteiger partial charge on any atom is -0.410 e. The normalized spacial score (nSPS) is 11.5. The van der Waals surface area contributed by atoms with E-state index in [0.29, 0.717) is 44.6 Å². The molecule has 34 heavy (non-hydrogen) atoms. The summed E-state index contributed by atoms with van der Waals surface area (Å²) in [5.41, 5.74) is 1.79. The zero-order valence-electron chi connectivity index (χ0n) is 19.8. The fraction of sp³-hybridized carbons (Fsp3) is 0.375. The first-order valence-electron chi connectivity index (χ1n) is 11.3. The van der Waals surface area contributed by atoms with Gasteiger partial charge in [-0.25, -0.2) is 4.79 Å². The van der Waals surface area contributed by atoms with Gasteiger partial charge in [0.15, 0.2) is 0 Å². The number of hydrogen-bond acceptors (Lipinski definition) is 7. The van der Waals surface area contributed by atoms with Crippen LogP contribution in [0.15, 0.2) is 48.5 Å². The molecular weight excluding hydrogens is 456 g/mol. The van der Waals surface area contributed by atoms with Crippen LogP contribution in [0.1, 0.15) is 38.3 Å². The number of carbonyl (C=O) groups excluding carboxylic acids is 1. The Morgan fingerprint density at radius 2 is 1.41 bits per heavy atom. The average Bonchev–Trinajstić information content (AvgIpc) is 2.82. The molecule has 0 saturated heterocycles. The van der Waals surface area contributed by atoms with E-state index in [1.165, 1.54) is 12.1 Å². The lowest BCUT2D eigenvalue weighted by molar-refractivity contribution is -0.384. The molecule has 0 aliphatic heterocycles. The quantitative estimate of drug-likeness (QED) is 0.126. The molecule has 0 unspecified atom stereocenters. The second-order valence-electron chi connectivity index (χ2n) is 7.15. The first kappa shape index (κ1) is 27.2. The number of carbonyl (C=O) groups is 1. The molecule has 0 aromatic heterocycles. The summed E-state index contributed by atoms with van der Waals surface area (Å²) in [4.78, 5) is 22.4. The van der Waals surface area contributed by atoms with Crippen molar-refractivity contribution in [3.05, 3.63) is 69.8 Å². The zero-order valence-corrected chi connectivity index (χ0v) is 20.8. The third-order valence-electron chi connectivity index (χ3n) is 4.68. The molecule has 1 N–H and O–H groups in total. The van der Waals surface area contributed by atoms with Gasteiger partial charge in [0.05, 0.1) is 4.92 Å². The largest absolute Gasteiger partial charge is 0.500 e. The van der Waals surface area contributed by atoms with Gasteiger partial charge in [0.2, 0.25) is 0 Å². The number of rotatable bonds is 14. The third kappa shape index (κ3) is 9.06. The Bertz CT molecular complexity index is 916. The number of amides is 1. The maximum Gasteiger partial charge on any atom is 0.500 e. The molecule has 0 aliphatic carbocycles. The van der Waals surface area contributed by atoms with Crippen LogP contribution < -0.4 is 10.1 Å². The van der Waals surface area contributed by atoms with E-state index in [1.807, 2.05) is 45.1 Å². The van der Waals surface area contributed by atoms with Crippen LogP contribution in [0.25, 0.3) is 12.2 Å². The fourth-order valence-corrected chi connectivity index (χ4v) is 5.80. The highest BCUT2D eigenvalue weighted by atomic mass is 28.4. The SMILES string of the molecule is CCO[Si](CCCNC(=O)Oc1ccc(/C=C/c2ccc([N+](=O)[O-])cc2)cc1)(OCC)OCC. The molecule has 0 heterocycles. The number of hydrogen-bond donors (Lipinski definition) is 1. The monoisotopic (exact) mass is 488 g/mol. The molecule has 0 aliphatic rings. The topological polar surface area (TPSA) is 109 Å². The van der Waals surface area contributed by atoms with E-state index in [4.69, 9.17) is 18.0 Å². The van der Waals surface area contributed by atoms with Gasteiger partial charge in [0, 0.05) is 44.5 Å². The van der Waals surface area contributed by atoms with Crippen molar-refractivity contribution in [1.29, 1.82) is 0 Å². The molecule has 2 rings (SSSR count). The van der Waals surface area contributed by atoms with Crippen molar-refractivity contribution < 1.29 is 27.7 Å². The second kappa shape index (κ2) is 14.3. The highest BCUT2D eigenvalue weighted by Crippen LogP contribution is 2.19. The van der Waals surface area contributed by atoms with Crippen molar-refractivity contribution in [3.63, 3.8) is 0 Å². The van der Waals surface area contributed by atoms with E-state index >= 15 is 0 Å². The molecule has 0 bridgehead atoms. The molecule has 2 aromatic carbocycles. The molecule has 0 atom stereocenters. The van der Waals surface area contributed by atoms with Gasteiger partial charge in [0.25, 0.3) is 5.69 Å². The number of nitrogens with zero attached hydrogens (tertiary/aromatic N) is 1. The zero-order chi connectivity index (χ0) is 24.8. The van der Waals surface area contributed by atoms with Gasteiger partial charge in [-0.15, -0.1) is 0 Å². The summed E-state index contributed by atoms with van der Waals surface area (Å²) in [5.74, 6) is 0.423. The van der Waals surface area contributed by atoms with Gasteiger partial charge in [-0.1, -0.05) is 24.3 Å². The number of nitrogens with one attached hydrogen (secondary N) is 1. The molecule has 9 nitrogen and oxygen atoms in total. The highest BCUT2D eigenvalue weighted by Gasteiger charge is 2.39. The van der Waals surface area contributed by atoms with Crippen LogP contribution in [0.4, 0.5) is 10.5 Å². The smallest absolute Gasteiger partial charge is 0.410 e. The lowest BCUT2D eigenvalue weighted by atomic mass is 10.1. The number of benzene rings is 2. The summed E-state index contributed by atoms with van der Waals surface area (Å²) in [5, 5.41) is 13.5. The first-order chi connectivity index (χ1) is 16.4. The number of ether oxygens (including phenoxy) is 1. The molecule has 0 spiro atoms. The summed E-state index contributed by atoms with van der Waals surface area (Å²) in [6.07, 6.45) is 3.83. The van der Waals surface area contributed by atoms with Gasteiger partial charge < -0.3 is 23.3 Å². The number of non-ortho nitro benzene ring substituents is 1. The standard InChI is InChI=1S/C24H32N2O7Si/c1-4-30-34(31-5-2,32-6-3)19-7-18-25-24(27)33-23-16-12-21(13-17-23)9-8-20-10-14-22(15-11-20)26(28)29/h8-17H,4-7,18-19H2,1-3H3,(H,25,27)/b9-8+. The highest BCUT2D eigenvalue weighted by molar-refractivity contribution is 6.60. The first-order valence-corrected chi connectivity index (χ1v) is 13.2. The Morgan fingerprint density at radius 1 is 0.912 bits per heavy atom. The Morgan fingerprint density at radius 3 is 1.88 bits per heavy atom. The van der Waals surface area contributed by atoms with Crippen LogP contribution in [0.5, 0.6) is 5.75 Å². The van der Waals surface area contributed by atoms with Gasteiger partial charge >= 0.3 is 14.9 Å². The number of nitro groups is 1. The van der Waals surface area contributed by atoms with Crippen LogP contribution in [0.3, 0.4) is 0 Å². The maximum absolute atomic E-state index is 12.1. The van der Waals surface area contributed by atoms with Crippen LogP contribution in [-0.4, -0.2) is 46.2 Å². The minimum absolute atomic E-state index is 0.0520. The molecule has 0 saturated carbocycles. The predicted molar refractivity (Wildman–Crippen MR) is 133 cm³/mol. The molecule has 0 fully saturated rings. The second-order valence-corrected chi connectivity index (χ2v) is 9.88. The molecule has 0 radical (unpaired) electrons. The molecule has 2 aromatic rings. The van der Waals surface area contributed by atoms with E-state index < -0.39 is 19.8 Å². The van der Waals surface area contributed by atoms with Crippen molar-refractivity contribution in [1.82, 2.24) is 5.32 Å². The molecule has 10 heteroatoms. The van der Waals surface area contributed by atoms with Crippen molar-refractivity contribution >= 4 is 32.7 Å². The van der Waals surface area contributed by atoms with E-state index in [9.17, 15) is 14.9 Å². The Kier molecular flexibility index (Phi) is 11.4. The van der Waals surface area contributed by atoms with Crippen molar-refractivity contribution in [2.75, 3.05) is 26.4 Å². The Balaban J connectivity index is 1.80. The predicted octanol–water partition coefficient (Wildman–Crippen LogP) is 5.29. The summed E-state index contributed by atoms with van der Waals surface area (Å²) < 4.78 is 22.7. The van der Waals surface area contributed by atoms with Gasteiger partial charge in [-0.05, 0) is 62.6 Å². The molecular formula is C24H32N2O7Si. The van der Waals surface area contributed by atoms with Crippen molar-refractivity contribution in [3.8, 4) is 5.75 Å². The van der Waals surface area contributed by atoms with Crippen molar-refractivity contribution in [2.45, 2.75) is 33.2 Å². The van der Waals surface area contributed by atoms with Crippen molar-refractivity contribution in [2.24, 2.45) is 0 Å². The number of nitro benzene ring substituents is 1. The van der Waals surface area contributed by atoms with Gasteiger partial charge in [0.1, 0.15) is 5.75 Å². The van der Waals surface area contributed by atoms with Crippen LogP contribution in [0.2, 0.25) is 6.04 Å². The van der Waals surface area contributed by atoms with E-state index in [1.54, 1.807) is 24.3 Å². The third-order valence-corrected chi connectivity index (χ3v) is 7.84. The van der Waals surface area contributed by atoms with E-state index in [0.717, 1.165) is 11.1 Å². The summed E-state index contributed by atoms with van der Waals surface area (Å²) in [6, 6.07) is 13.9. The Labute approximate surface area is 201 Å². The van der Waals surface area contributed by atoms with Gasteiger partial charge in [-0.2, -0.15) is 0 Å². The lowest BCUT2D eigenvalue weighted by Gasteiger charge is -2.28. The van der Waals surface area contributed by atoms with Crippen LogP contribution in [-0.2, 0) is 13.3 Å². The molecule has 1 amide bonds. The lowest BCUT2D eigenvalue weighted by Crippen LogP contribution is -2.46. The summed E-state index contributed by atoms with van der Waals surface area (Å²) in [6.45, 7) is 7.68. The van der Waals surface area contributed by atoms with E-state index in [2.05, 4.69) is 5.32 Å². The minimum atomic E-state index is -2.72. The average molecular weight is 489 g/mol. The van der Waals surface area contributed by atoms with E-state index in [-0.39, 0.29) is 5.69 Å². The van der Waals surface area contributed by atoms with Crippen LogP contribution in [0, 0.1) is 10.1 Å².